The number of nitrogens with one attached hydrogen (secondary N) is 2. The molecule has 0 spiro atoms. The highest BCUT2D eigenvalue weighted by atomic mass is 32.2. The van der Waals surface area contributed by atoms with Crippen LogP contribution in [0.25, 0.3) is 0 Å². The van der Waals surface area contributed by atoms with Crippen molar-refractivity contribution < 1.29 is 4.79 Å². The molecule has 2 heterocycles. The summed E-state index contributed by atoms with van der Waals surface area (Å²) >= 11 is 1.43. The minimum absolute atomic E-state index is 0.0572. The minimum Gasteiger partial charge on any atom is -0.325 e. The van der Waals surface area contributed by atoms with Crippen LogP contribution in [0, 0.1) is 27.7 Å². The molecular weight excluding hydrogens is 370 g/mol. The van der Waals surface area contributed by atoms with Gasteiger partial charge in [0, 0.05) is 5.69 Å². The van der Waals surface area contributed by atoms with Crippen molar-refractivity contribution in [1.29, 1.82) is 0 Å². The summed E-state index contributed by atoms with van der Waals surface area (Å²) in [5.41, 5.74) is 8.82. The van der Waals surface area contributed by atoms with E-state index in [2.05, 4.69) is 59.1 Å². The smallest absolute Gasteiger partial charge is 0.240 e. The number of hydrogen-bond donors (Lipinski definition) is 2. The van der Waals surface area contributed by atoms with Crippen LogP contribution in [0.15, 0.2) is 47.6 Å². The van der Waals surface area contributed by atoms with Gasteiger partial charge in [0.2, 0.25) is 11.1 Å². The maximum absolute atomic E-state index is 13.2. The summed E-state index contributed by atoms with van der Waals surface area (Å²) in [6.07, 6.45) is 0. The first-order valence-electron chi connectivity index (χ1n) is 9.22. The average Bonchev–Trinajstić information content (AvgIpc) is 3.04. The molecule has 2 atom stereocenters. The van der Waals surface area contributed by atoms with Crippen molar-refractivity contribution in [3.63, 3.8) is 0 Å². The Morgan fingerprint density at radius 3 is 2.50 bits per heavy atom. The first kappa shape index (κ1) is 18.6. The molecule has 0 bridgehead atoms. The molecule has 1 aromatic heterocycles. The number of amides is 1. The number of thioether (sulfide) groups is 1. The summed E-state index contributed by atoms with van der Waals surface area (Å²) in [5.74, 6) is 0.714. The second kappa shape index (κ2) is 7.31. The first-order chi connectivity index (χ1) is 13.4. The number of carbonyl (C=O) groups excluding carboxylic acids is 1. The Hall–Kier alpha value is -2.80. The molecule has 6 nitrogen and oxygen atoms in total. The Morgan fingerprint density at radius 2 is 1.79 bits per heavy atom. The van der Waals surface area contributed by atoms with E-state index in [0.29, 0.717) is 5.16 Å². The van der Waals surface area contributed by atoms with E-state index in [-0.39, 0.29) is 17.2 Å². The van der Waals surface area contributed by atoms with Gasteiger partial charge in [-0.05, 0) is 56.5 Å². The molecule has 2 N–H and O–H groups in total. The van der Waals surface area contributed by atoms with Crippen LogP contribution in [-0.4, -0.2) is 26.0 Å². The number of anilines is 1. The topological polar surface area (TPSA) is 71.8 Å². The van der Waals surface area contributed by atoms with Gasteiger partial charge in [0.25, 0.3) is 0 Å². The predicted molar refractivity (Wildman–Crippen MR) is 112 cm³/mol. The summed E-state index contributed by atoms with van der Waals surface area (Å²) < 4.78 is 1.86. The molecule has 1 aliphatic rings. The molecular formula is C21H23N5OS. The van der Waals surface area contributed by atoms with Crippen LogP contribution < -0.4 is 10.7 Å². The van der Waals surface area contributed by atoms with Crippen molar-refractivity contribution in [1.82, 2.24) is 14.9 Å². The highest BCUT2D eigenvalue weighted by Gasteiger charge is 2.37. The van der Waals surface area contributed by atoms with Gasteiger partial charge < -0.3 is 10.7 Å². The SMILES string of the molecule is Cc1ccc([C@H]2Nn3c(C)nnc3S[C@@H]2C(=O)Nc2ccc(C)c(C)c2)cc1. The van der Waals surface area contributed by atoms with Crippen LogP contribution in [0.4, 0.5) is 5.69 Å². The van der Waals surface area contributed by atoms with Gasteiger partial charge in [-0.25, -0.2) is 4.68 Å². The lowest BCUT2D eigenvalue weighted by molar-refractivity contribution is -0.116. The van der Waals surface area contributed by atoms with E-state index in [1.54, 1.807) is 0 Å². The van der Waals surface area contributed by atoms with E-state index in [4.69, 9.17) is 0 Å². The van der Waals surface area contributed by atoms with Crippen LogP contribution in [0.3, 0.4) is 0 Å². The molecule has 0 aliphatic carbocycles. The summed E-state index contributed by atoms with van der Waals surface area (Å²) in [4.78, 5) is 13.2. The van der Waals surface area contributed by atoms with Gasteiger partial charge in [-0.2, -0.15) is 0 Å². The van der Waals surface area contributed by atoms with Gasteiger partial charge in [-0.1, -0.05) is 47.7 Å². The summed E-state index contributed by atoms with van der Waals surface area (Å²) in [6, 6.07) is 14.0. The lowest BCUT2D eigenvalue weighted by Gasteiger charge is -2.32. The molecule has 7 heteroatoms. The number of rotatable bonds is 3. The first-order valence-corrected chi connectivity index (χ1v) is 10.1. The van der Waals surface area contributed by atoms with Gasteiger partial charge in [0.15, 0.2) is 0 Å². The zero-order chi connectivity index (χ0) is 19.8. The highest BCUT2D eigenvalue weighted by molar-refractivity contribution is 8.00. The van der Waals surface area contributed by atoms with Crippen molar-refractivity contribution >= 4 is 23.4 Å². The summed E-state index contributed by atoms with van der Waals surface area (Å²) in [6.45, 7) is 8.05. The van der Waals surface area contributed by atoms with Crippen molar-refractivity contribution in [3.05, 3.63) is 70.5 Å². The molecule has 1 aliphatic heterocycles. The number of aromatic nitrogens is 3. The Labute approximate surface area is 168 Å². The van der Waals surface area contributed by atoms with Crippen molar-refractivity contribution in [2.75, 3.05) is 10.7 Å². The second-order valence-corrected chi connectivity index (χ2v) is 8.32. The molecule has 3 aromatic rings. The lowest BCUT2D eigenvalue weighted by Crippen LogP contribution is -2.41. The quantitative estimate of drug-likeness (QED) is 0.706. The third-order valence-corrected chi connectivity index (χ3v) is 6.28. The van der Waals surface area contributed by atoms with E-state index < -0.39 is 0 Å². The molecule has 28 heavy (non-hydrogen) atoms. The fourth-order valence-electron chi connectivity index (χ4n) is 3.22. The molecule has 0 unspecified atom stereocenters. The number of aryl methyl sites for hydroxylation is 4. The zero-order valence-corrected chi connectivity index (χ0v) is 17.2. The van der Waals surface area contributed by atoms with Crippen LogP contribution in [-0.2, 0) is 4.79 Å². The molecule has 0 fully saturated rings. The van der Waals surface area contributed by atoms with E-state index in [9.17, 15) is 4.79 Å². The summed E-state index contributed by atoms with van der Waals surface area (Å²) in [5, 5.41) is 11.7. The zero-order valence-electron chi connectivity index (χ0n) is 16.4. The van der Waals surface area contributed by atoms with Gasteiger partial charge in [0.1, 0.15) is 11.1 Å². The van der Waals surface area contributed by atoms with Crippen molar-refractivity contribution in [2.45, 2.75) is 44.1 Å². The normalized spacial score (nSPS) is 18.3. The molecule has 0 radical (unpaired) electrons. The minimum atomic E-state index is -0.375. The monoisotopic (exact) mass is 393 g/mol. The molecule has 2 aromatic carbocycles. The highest BCUT2D eigenvalue weighted by Crippen LogP contribution is 2.37. The van der Waals surface area contributed by atoms with Crippen LogP contribution in [0.5, 0.6) is 0 Å². The van der Waals surface area contributed by atoms with Crippen LogP contribution in [0.2, 0.25) is 0 Å². The Morgan fingerprint density at radius 1 is 1.04 bits per heavy atom. The number of nitrogens with zero attached hydrogens (tertiary/aromatic N) is 3. The Bertz CT molecular complexity index is 1030. The van der Waals surface area contributed by atoms with Crippen molar-refractivity contribution in [3.8, 4) is 0 Å². The van der Waals surface area contributed by atoms with Crippen LogP contribution >= 0.6 is 11.8 Å². The van der Waals surface area contributed by atoms with Crippen LogP contribution in [0.1, 0.15) is 34.1 Å². The Kier molecular flexibility index (Phi) is 4.85. The van der Waals surface area contributed by atoms with Gasteiger partial charge in [-0.3, -0.25) is 4.79 Å². The van der Waals surface area contributed by atoms with E-state index >= 15 is 0 Å². The van der Waals surface area contributed by atoms with E-state index in [1.165, 1.54) is 22.9 Å². The maximum atomic E-state index is 13.2. The van der Waals surface area contributed by atoms with Gasteiger partial charge in [-0.15, -0.1) is 10.2 Å². The molecule has 0 saturated heterocycles. The molecule has 144 valence electrons. The average molecular weight is 394 g/mol. The number of carbonyl (C=O) groups is 1. The second-order valence-electron chi connectivity index (χ2n) is 7.21. The molecule has 0 saturated carbocycles. The van der Waals surface area contributed by atoms with E-state index in [0.717, 1.165) is 22.6 Å². The third kappa shape index (κ3) is 3.49. The fraction of sp³-hybridized carbons (Fsp3) is 0.286. The number of benzene rings is 2. The molecule has 1 amide bonds. The van der Waals surface area contributed by atoms with E-state index in [1.807, 2.05) is 36.7 Å². The fourth-order valence-corrected chi connectivity index (χ4v) is 4.34. The maximum Gasteiger partial charge on any atom is 0.240 e. The van der Waals surface area contributed by atoms with Gasteiger partial charge >= 0.3 is 0 Å². The van der Waals surface area contributed by atoms with Crippen molar-refractivity contribution in [2.24, 2.45) is 0 Å². The van der Waals surface area contributed by atoms with Gasteiger partial charge in [0.05, 0.1) is 6.04 Å². The standard InChI is InChI=1S/C21H23N5OS/c1-12-5-8-16(9-6-12)18-19(28-21-24-23-15(4)26(21)25-18)20(27)22-17-10-7-13(2)14(3)11-17/h5-11,18-19,25H,1-4H3,(H,22,27)/t18-,19+/m1/s1. The third-order valence-electron chi connectivity index (χ3n) is 5.07. The predicted octanol–water partition coefficient (Wildman–Crippen LogP) is 3.91. The Balaban J connectivity index is 1.65. The summed E-state index contributed by atoms with van der Waals surface area (Å²) in [7, 11) is 0. The largest absolute Gasteiger partial charge is 0.325 e. The number of hydrogen-bond acceptors (Lipinski definition) is 5. The molecule has 4 rings (SSSR count). The lowest BCUT2D eigenvalue weighted by atomic mass is 10.0. The number of fused-ring (bicyclic) bond motifs is 1.